The van der Waals surface area contributed by atoms with Crippen LogP contribution in [0.15, 0.2) is 42.5 Å². The lowest BCUT2D eigenvalue weighted by atomic mass is 10.2. The first-order chi connectivity index (χ1) is 13.8. The molecule has 8 heteroatoms. The van der Waals surface area contributed by atoms with Crippen molar-refractivity contribution in [3.05, 3.63) is 53.6 Å². The molecule has 0 spiro atoms. The van der Waals surface area contributed by atoms with Crippen LogP contribution < -0.4 is 14.4 Å². The van der Waals surface area contributed by atoms with E-state index in [1.807, 2.05) is 19.1 Å². The number of benzene rings is 2. The standard InChI is InChI=1S/C21H23N3O5/c1-14-5-8-16(9-6-14)24-20(26)19(25)23(21(24)27)13-22(2)12-15-7-10-17(28-3)18(11-15)29-4/h5-11H,12-13H2,1-4H3. The van der Waals surface area contributed by atoms with Gasteiger partial charge < -0.3 is 9.47 Å². The maximum atomic E-state index is 12.7. The number of anilines is 1. The number of ether oxygens (including phenoxy) is 2. The number of urea groups is 1. The van der Waals surface area contributed by atoms with Gasteiger partial charge in [0.1, 0.15) is 0 Å². The third kappa shape index (κ3) is 4.07. The molecule has 0 unspecified atom stereocenters. The molecule has 1 aliphatic rings. The van der Waals surface area contributed by atoms with Crippen molar-refractivity contribution in [1.82, 2.24) is 9.80 Å². The van der Waals surface area contributed by atoms with Crippen LogP contribution in [0.3, 0.4) is 0 Å². The van der Waals surface area contributed by atoms with Gasteiger partial charge in [-0.25, -0.2) is 14.6 Å². The summed E-state index contributed by atoms with van der Waals surface area (Å²) in [5.74, 6) is -0.483. The van der Waals surface area contributed by atoms with Crippen LogP contribution in [0.5, 0.6) is 11.5 Å². The van der Waals surface area contributed by atoms with Gasteiger partial charge in [-0.05, 0) is 43.8 Å². The fourth-order valence-corrected chi connectivity index (χ4v) is 3.13. The van der Waals surface area contributed by atoms with E-state index in [-0.39, 0.29) is 6.67 Å². The number of hydrogen-bond donors (Lipinski definition) is 0. The lowest BCUT2D eigenvalue weighted by Gasteiger charge is -2.23. The summed E-state index contributed by atoms with van der Waals surface area (Å²) in [7, 11) is 4.87. The molecule has 0 aliphatic carbocycles. The normalized spacial score (nSPS) is 14.2. The molecule has 8 nitrogen and oxygen atoms in total. The Morgan fingerprint density at radius 3 is 2.17 bits per heavy atom. The van der Waals surface area contributed by atoms with Crippen LogP contribution in [0.2, 0.25) is 0 Å². The molecule has 29 heavy (non-hydrogen) atoms. The molecule has 0 atom stereocenters. The molecule has 0 N–H and O–H groups in total. The Hall–Kier alpha value is -3.39. The van der Waals surface area contributed by atoms with E-state index in [0.717, 1.165) is 20.9 Å². The Labute approximate surface area is 169 Å². The van der Waals surface area contributed by atoms with E-state index >= 15 is 0 Å². The van der Waals surface area contributed by atoms with Crippen LogP contribution in [0.25, 0.3) is 0 Å². The number of amides is 4. The summed E-state index contributed by atoms with van der Waals surface area (Å²) in [6, 6.07) is 11.7. The van der Waals surface area contributed by atoms with Gasteiger partial charge in [-0.1, -0.05) is 23.8 Å². The van der Waals surface area contributed by atoms with E-state index in [9.17, 15) is 14.4 Å². The van der Waals surface area contributed by atoms with E-state index in [1.165, 1.54) is 0 Å². The van der Waals surface area contributed by atoms with Crippen LogP contribution in [0, 0.1) is 6.92 Å². The van der Waals surface area contributed by atoms with Crippen molar-refractivity contribution in [3.63, 3.8) is 0 Å². The minimum Gasteiger partial charge on any atom is -0.493 e. The summed E-state index contributed by atoms with van der Waals surface area (Å²) in [6.45, 7) is 2.33. The topological polar surface area (TPSA) is 79.4 Å². The molecule has 1 heterocycles. The monoisotopic (exact) mass is 397 g/mol. The van der Waals surface area contributed by atoms with Gasteiger partial charge >= 0.3 is 17.8 Å². The van der Waals surface area contributed by atoms with Gasteiger partial charge in [-0.15, -0.1) is 0 Å². The second-order valence-electron chi connectivity index (χ2n) is 6.84. The highest BCUT2D eigenvalue weighted by Crippen LogP contribution is 2.28. The number of carbonyl (C=O) groups excluding carboxylic acids is 3. The summed E-state index contributed by atoms with van der Waals surface area (Å²) in [5, 5.41) is 0. The van der Waals surface area contributed by atoms with Crippen molar-refractivity contribution in [1.29, 1.82) is 0 Å². The maximum Gasteiger partial charge on any atom is 0.340 e. The Morgan fingerprint density at radius 1 is 0.897 bits per heavy atom. The van der Waals surface area contributed by atoms with E-state index in [0.29, 0.717) is 23.7 Å². The summed E-state index contributed by atoms with van der Waals surface area (Å²) >= 11 is 0. The largest absolute Gasteiger partial charge is 0.493 e. The van der Waals surface area contributed by atoms with Crippen molar-refractivity contribution < 1.29 is 23.9 Å². The van der Waals surface area contributed by atoms with Gasteiger partial charge in [0.25, 0.3) is 0 Å². The average Bonchev–Trinajstić information content (AvgIpc) is 2.92. The molecule has 1 aliphatic heterocycles. The van der Waals surface area contributed by atoms with Crippen LogP contribution in [-0.2, 0) is 16.1 Å². The second kappa shape index (κ2) is 8.32. The Balaban J connectivity index is 1.72. The molecule has 2 aromatic carbocycles. The molecule has 4 amide bonds. The molecular formula is C21H23N3O5. The number of carbonyl (C=O) groups is 3. The number of methoxy groups -OCH3 is 2. The fraction of sp³-hybridized carbons (Fsp3) is 0.286. The SMILES string of the molecule is COc1ccc(CN(C)CN2C(=O)C(=O)N(c3ccc(C)cc3)C2=O)cc1OC. The molecule has 2 aromatic rings. The summed E-state index contributed by atoms with van der Waals surface area (Å²) in [4.78, 5) is 41.1. The van der Waals surface area contributed by atoms with E-state index in [4.69, 9.17) is 9.47 Å². The zero-order valence-electron chi connectivity index (χ0n) is 16.8. The smallest absolute Gasteiger partial charge is 0.340 e. The number of rotatable bonds is 7. The maximum absolute atomic E-state index is 12.7. The molecule has 0 saturated carbocycles. The fourth-order valence-electron chi connectivity index (χ4n) is 3.13. The highest BCUT2D eigenvalue weighted by atomic mass is 16.5. The minimum atomic E-state index is -0.849. The summed E-state index contributed by atoms with van der Waals surface area (Å²) in [6.07, 6.45) is 0. The minimum absolute atomic E-state index is 0.0138. The number of aryl methyl sites for hydroxylation is 1. The molecule has 0 aromatic heterocycles. The first-order valence-electron chi connectivity index (χ1n) is 9.01. The van der Waals surface area contributed by atoms with Crippen molar-refractivity contribution in [3.8, 4) is 11.5 Å². The lowest BCUT2D eigenvalue weighted by Crippen LogP contribution is -2.40. The Morgan fingerprint density at radius 2 is 1.55 bits per heavy atom. The quantitative estimate of drug-likeness (QED) is 0.527. The Bertz CT molecular complexity index is 942. The van der Waals surface area contributed by atoms with E-state index < -0.39 is 17.8 Å². The molecule has 1 saturated heterocycles. The summed E-state index contributed by atoms with van der Waals surface area (Å²) in [5.41, 5.74) is 2.28. The molecule has 1 fully saturated rings. The van der Waals surface area contributed by atoms with Gasteiger partial charge in [-0.3, -0.25) is 14.5 Å². The number of nitrogens with zero attached hydrogens (tertiary/aromatic N) is 3. The van der Waals surface area contributed by atoms with E-state index in [1.54, 1.807) is 56.5 Å². The van der Waals surface area contributed by atoms with Gasteiger partial charge in [0.05, 0.1) is 26.6 Å². The highest BCUT2D eigenvalue weighted by Gasteiger charge is 2.45. The first kappa shape index (κ1) is 20.3. The molecule has 152 valence electrons. The molecule has 3 rings (SSSR count). The molecule has 0 radical (unpaired) electrons. The van der Waals surface area contributed by atoms with Gasteiger partial charge in [0.15, 0.2) is 11.5 Å². The third-order valence-corrected chi connectivity index (χ3v) is 4.63. The number of hydrogen-bond acceptors (Lipinski definition) is 6. The second-order valence-corrected chi connectivity index (χ2v) is 6.84. The van der Waals surface area contributed by atoms with Gasteiger partial charge in [0, 0.05) is 6.54 Å². The van der Waals surface area contributed by atoms with Crippen molar-refractivity contribution in [2.45, 2.75) is 13.5 Å². The first-order valence-corrected chi connectivity index (χ1v) is 9.01. The van der Waals surface area contributed by atoms with Crippen LogP contribution >= 0.6 is 0 Å². The van der Waals surface area contributed by atoms with Crippen molar-refractivity contribution in [2.75, 3.05) is 32.8 Å². The Kier molecular flexibility index (Phi) is 5.84. The van der Waals surface area contributed by atoms with Crippen molar-refractivity contribution in [2.24, 2.45) is 0 Å². The third-order valence-electron chi connectivity index (χ3n) is 4.63. The van der Waals surface area contributed by atoms with Crippen LogP contribution in [0.4, 0.5) is 10.5 Å². The zero-order chi connectivity index (χ0) is 21.1. The van der Waals surface area contributed by atoms with Crippen LogP contribution in [0.1, 0.15) is 11.1 Å². The zero-order valence-corrected chi connectivity index (χ0v) is 16.8. The highest BCUT2D eigenvalue weighted by molar-refractivity contribution is 6.52. The van der Waals surface area contributed by atoms with Gasteiger partial charge in [0.2, 0.25) is 0 Å². The summed E-state index contributed by atoms with van der Waals surface area (Å²) < 4.78 is 10.5. The van der Waals surface area contributed by atoms with Crippen molar-refractivity contribution >= 4 is 23.5 Å². The predicted molar refractivity (Wildman–Crippen MR) is 107 cm³/mol. The average molecular weight is 397 g/mol. The molecule has 0 bridgehead atoms. The molecular weight excluding hydrogens is 374 g/mol. The lowest BCUT2D eigenvalue weighted by molar-refractivity contribution is -0.140. The van der Waals surface area contributed by atoms with Gasteiger partial charge in [-0.2, -0.15) is 0 Å². The van der Waals surface area contributed by atoms with E-state index in [2.05, 4.69) is 0 Å². The number of imide groups is 2. The van der Waals surface area contributed by atoms with Crippen LogP contribution in [-0.4, -0.2) is 55.6 Å². The predicted octanol–water partition coefficient (Wildman–Crippen LogP) is 2.40.